The van der Waals surface area contributed by atoms with Gasteiger partial charge in [-0.1, -0.05) is 15.9 Å². The second-order valence-electron chi connectivity index (χ2n) is 3.99. The Kier molecular flexibility index (Phi) is 3.07. The monoisotopic (exact) mass is 294 g/mol. The zero-order valence-corrected chi connectivity index (χ0v) is 10.9. The molecule has 1 aliphatic rings. The second-order valence-corrected chi connectivity index (χ2v) is 4.91. The van der Waals surface area contributed by atoms with Crippen LogP contribution in [0.4, 0.5) is 5.69 Å². The molecule has 5 heteroatoms. The number of hydrogen-bond acceptors (Lipinski definition) is 3. The molecular formula is C12H11BrN2O2. The molecule has 1 fully saturated rings. The smallest absolute Gasteiger partial charge is 0.244 e. The zero-order valence-electron chi connectivity index (χ0n) is 9.29. The fourth-order valence-corrected chi connectivity index (χ4v) is 1.90. The Bertz CT molecular complexity index is 504. The highest BCUT2D eigenvalue weighted by atomic mass is 79.9. The maximum atomic E-state index is 11.9. The van der Waals surface area contributed by atoms with Crippen LogP contribution >= 0.6 is 15.9 Å². The van der Waals surface area contributed by atoms with Gasteiger partial charge in [0.05, 0.1) is 18.9 Å². The van der Waals surface area contributed by atoms with Gasteiger partial charge in [0.2, 0.25) is 5.91 Å². The number of methoxy groups -OCH3 is 1. The number of carbonyl (C=O) groups excluding carboxylic acids is 1. The van der Waals surface area contributed by atoms with Crippen molar-refractivity contribution in [2.75, 3.05) is 12.4 Å². The van der Waals surface area contributed by atoms with Crippen molar-refractivity contribution in [1.29, 1.82) is 5.26 Å². The third-order valence-corrected chi connectivity index (χ3v) is 3.30. The van der Waals surface area contributed by atoms with Gasteiger partial charge in [0.15, 0.2) is 0 Å². The van der Waals surface area contributed by atoms with Gasteiger partial charge >= 0.3 is 0 Å². The first-order chi connectivity index (χ1) is 8.11. The van der Waals surface area contributed by atoms with Gasteiger partial charge < -0.3 is 10.1 Å². The molecule has 4 nitrogen and oxygen atoms in total. The van der Waals surface area contributed by atoms with Crippen LogP contribution in [0.2, 0.25) is 0 Å². The first-order valence-corrected chi connectivity index (χ1v) is 5.97. The summed E-state index contributed by atoms with van der Waals surface area (Å²) in [5.74, 6) is 0.326. The van der Waals surface area contributed by atoms with Crippen LogP contribution in [0, 0.1) is 16.7 Å². The van der Waals surface area contributed by atoms with Crippen molar-refractivity contribution in [2.24, 2.45) is 5.41 Å². The highest BCUT2D eigenvalue weighted by molar-refractivity contribution is 9.10. The second kappa shape index (κ2) is 4.38. The molecule has 1 N–H and O–H groups in total. The summed E-state index contributed by atoms with van der Waals surface area (Å²) in [5, 5.41) is 11.7. The van der Waals surface area contributed by atoms with Crippen molar-refractivity contribution in [3.63, 3.8) is 0 Å². The van der Waals surface area contributed by atoms with E-state index < -0.39 is 5.41 Å². The highest BCUT2D eigenvalue weighted by Crippen LogP contribution is 2.46. The molecule has 1 aliphatic carbocycles. The largest absolute Gasteiger partial charge is 0.495 e. The molecule has 2 rings (SSSR count). The molecule has 0 bridgehead atoms. The summed E-state index contributed by atoms with van der Waals surface area (Å²) in [6.07, 6.45) is 1.26. The predicted molar refractivity (Wildman–Crippen MR) is 66.6 cm³/mol. The molecule has 1 saturated carbocycles. The van der Waals surface area contributed by atoms with Gasteiger partial charge in [-0.05, 0) is 31.0 Å². The van der Waals surface area contributed by atoms with E-state index in [1.807, 2.05) is 6.07 Å². The highest BCUT2D eigenvalue weighted by Gasteiger charge is 2.50. The first kappa shape index (κ1) is 11.9. The van der Waals surface area contributed by atoms with Crippen molar-refractivity contribution in [1.82, 2.24) is 0 Å². The van der Waals surface area contributed by atoms with Gasteiger partial charge in [0, 0.05) is 4.47 Å². The van der Waals surface area contributed by atoms with Crippen LogP contribution < -0.4 is 10.1 Å². The average molecular weight is 295 g/mol. The van der Waals surface area contributed by atoms with E-state index in [1.54, 1.807) is 12.1 Å². The van der Waals surface area contributed by atoms with E-state index in [1.165, 1.54) is 7.11 Å². The fourth-order valence-electron chi connectivity index (χ4n) is 1.53. The van der Waals surface area contributed by atoms with E-state index in [4.69, 9.17) is 10.00 Å². The van der Waals surface area contributed by atoms with E-state index in [0.29, 0.717) is 24.3 Å². The number of hydrogen-bond donors (Lipinski definition) is 1. The van der Waals surface area contributed by atoms with Gasteiger partial charge in [0.25, 0.3) is 0 Å². The van der Waals surface area contributed by atoms with Crippen molar-refractivity contribution in [2.45, 2.75) is 12.8 Å². The number of anilines is 1. The minimum absolute atomic E-state index is 0.253. The maximum Gasteiger partial charge on any atom is 0.244 e. The number of nitrogens with zero attached hydrogens (tertiary/aromatic N) is 1. The number of halogens is 1. The molecule has 1 aromatic carbocycles. The first-order valence-electron chi connectivity index (χ1n) is 5.17. The summed E-state index contributed by atoms with van der Waals surface area (Å²) in [6, 6.07) is 7.39. The average Bonchev–Trinajstić information content (AvgIpc) is 3.10. The molecule has 0 radical (unpaired) electrons. The fraction of sp³-hybridized carbons (Fsp3) is 0.333. The summed E-state index contributed by atoms with van der Waals surface area (Å²) in [6.45, 7) is 0. The summed E-state index contributed by atoms with van der Waals surface area (Å²) in [7, 11) is 1.54. The topological polar surface area (TPSA) is 62.1 Å². The van der Waals surface area contributed by atoms with Gasteiger partial charge in [-0.2, -0.15) is 5.26 Å². The third-order valence-electron chi connectivity index (χ3n) is 2.81. The number of ether oxygens (including phenoxy) is 1. The van der Waals surface area contributed by atoms with Crippen molar-refractivity contribution in [3.05, 3.63) is 22.7 Å². The molecule has 1 amide bonds. The predicted octanol–water partition coefficient (Wildman–Crippen LogP) is 2.70. The van der Waals surface area contributed by atoms with E-state index >= 15 is 0 Å². The van der Waals surface area contributed by atoms with Crippen LogP contribution in [-0.4, -0.2) is 13.0 Å². The maximum absolute atomic E-state index is 11.9. The molecule has 0 unspecified atom stereocenters. The molecule has 0 atom stereocenters. The van der Waals surface area contributed by atoms with Gasteiger partial charge in [-0.3, -0.25) is 4.79 Å². The summed E-state index contributed by atoms with van der Waals surface area (Å²) in [5.41, 5.74) is -0.249. The molecular weight excluding hydrogens is 284 g/mol. The lowest BCUT2D eigenvalue weighted by Crippen LogP contribution is -2.23. The van der Waals surface area contributed by atoms with E-state index in [-0.39, 0.29) is 5.91 Å². The molecule has 0 spiro atoms. The lowest BCUT2D eigenvalue weighted by Gasteiger charge is -2.12. The van der Waals surface area contributed by atoms with E-state index in [0.717, 1.165) is 4.47 Å². The minimum Gasteiger partial charge on any atom is -0.495 e. The van der Waals surface area contributed by atoms with Crippen molar-refractivity contribution in [3.8, 4) is 11.8 Å². The number of carbonyl (C=O) groups is 1. The van der Waals surface area contributed by atoms with Gasteiger partial charge in [-0.25, -0.2) is 0 Å². The quantitative estimate of drug-likeness (QED) is 0.932. The van der Waals surface area contributed by atoms with Crippen molar-refractivity contribution < 1.29 is 9.53 Å². The summed E-state index contributed by atoms with van der Waals surface area (Å²) >= 11 is 3.33. The number of rotatable bonds is 3. The Balaban J connectivity index is 2.21. The van der Waals surface area contributed by atoms with Crippen LogP contribution in [0.15, 0.2) is 22.7 Å². The number of nitriles is 1. The zero-order chi connectivity index (χ0) is 12.5. The standard InChI is InChI=1S/C12H11BrN2O2/c1-17-10-3-2-8(13)6-9(10)15-11(16)12(7-14)4-5-12/h2-3,6H,4-5H2,1H3,(H,15,16). The molecule has 0 aliphatic heterocycles. The molecule has 88 valence electrons. The molecule has 17 heavy (non-hydrogen) atoms. The van der Waals surface area contributed by atoms with Crippen LogP contribution in [0.1, 0.15) is 12.8 Å². The molecule has 1 aromatic rings. The van der Waals surface area contributed by atoms with Crippen LogP contribution in [0.25, 0.3) is 0 Å². The number of amides is 1. The number of nitrogens with one attached hydrogen (secondary N) is 1. The Morgan fingerprint density at radius 3 is 2.82 bits per heavy atom. The minimum atomic E-state index is -0.826. The van der Waals surface area contributed by atoms with E-state index in [9.17, 15) is 4.79 Å². The Labute approximate surface area is 108 Å². The van der Waals surface area contributed by atoms with Crippen molar-refractivity contribution >= 4 is 27.5 Å². The van der Waals surface area contributed by atoms with Crippen LogP contribution in [0.3, 0.4) is 0 Å². The number of benzene rings is 1. The lowest BCUT2D eigenvalue weighted by atomic mass is 10.1. The lowest BCUT2D eigenvalue weighted by molar-refractivity contribution is -0.119. The van der Waals surface area contributed by atoms with Gasteiger partial charge in [-0.15, -0.1) is 0 Å². The Morgan fingerprint density at radius 1 is 1.59 bits per heavy atom. The SMILES string of the molecule is COc1ccc(Br)cc1NC(=O)C1(C#N)CC1. The molecule has 0 saturated heterocycles. The van der Waals surface area contributed by atoms with Gasteiger partial charge in [0.1, 0.15) is 11.2 Å². The van der Waals surface area contributed by atoms with Crippen LogP contribution in [-0.2, 0) is 4.79 Å². The third kappa shape index (κ3) is 2.27. The van der Waals surface area contributed by atoms with E-state index in [2.05, 4.69) is 27.3 Å². The molecule has 0 heterocycles. The Hall–Kier alpha value is -1.54. The van der Waals surface area contributed by atoms with Crippen LogP contribution in [0.5, 0.6) is 5.75 Å². The Morgan fingerprint density at radius 2 is 2.29 bits per heavy atom. The normalized spacial score (nSPS) is 15.8. The summed E-state index contributed by atoms with van der Waals surface area (Å²) < 4.78 is 5.99. The summed E-state index contributed by atoms with van der Waals surface area (Å²) in [4.78, 5) is 11.9. The molecule has 0 aromatic heterocycles.